The van der Waals surface area contributed by atoms with Crippen molar-refractivity contribution in [2.45, 2.75) is 12.3 Å². The van der Waals surface area contributed by atoms with Crippen molar-refractivity contribution < 1.29 is 14.2 Å². The summed E-state index contributed by atoms with van der Waals surface area (Å²) in [7, 11) is 0. The summed E-state index contributed by atoms with van der Waals surface area (Å²) in [4.78, 5) is 2.04. The molecule has 1 saturated heterocycles. The molecule has 4 heteroatoms. The number of aliphatic hydroxyl groups is 1. The van der Waals surface area contributed by atoms with Gasteiger partial charge in [0.05, 0.1) is 6.61 Å². The molecule has 0 aromatic heterocycles. The second kappa shape index (κ2) is 5.61. The molecule has 2 unspecified atom stereocenters. The molecule has 3 nitrogen and oxygen atoms in total. The van der Waals surface area contributed by atoms with E-state index in [2.05, 4.69) is 0 Å². The number of hydrogen-bond acceptors (Lipinski definition) is 3. The van der Waals surface area contributed by atoms with Crippen LogP contribution in [0.3, 0.4) is 0 Å². The number of hydrogen-bond donors (Lipinski definition) is 1. The summed E-state index contributed by atoms with van der Waals surface area (Å²) in [5.41, 5.74) is 1.91. The third kappa shape index (κ3) is 2.53. The Kier molecular flexibility index (Phi) is 3.67. The van der Waals surface area contributed by atoms with Gasteiger partial charge in [-0.15, -0.1) is 0 Å². The second-order valence-corrected chi connectivity index (χ2v) is 4.83. The number of halogens is 1. The molecule has 1 aliphatic heterocycles. The highest BCUT2D eigenvalue weighted by Gasteiger charge is 2.33. The Morgan fingerprint density at radius 3 is 2.45 bits per heavy atom. The van der Waals surface area contributed by atoms with Crippen LogP contribution in [-0.4, -0.2) is 24.4 Å². The van der Waals surface area contributed by atoms with Crippen molar-refractivity contribution in [2.24, 2.45) is 0 Å². The molecule has 3 rings (SSSR count). The van der Waals surface area contributed by atoms with Gasteiger partial charge in [-0.3, -0.25) is 0 Å². The van der Waals surface area contributed by atoms with Crippen LogP contribution in [0, 0.1) is 5.82 Å². The lowest BCUT2D eigenvalue weighted by Crippen LogP contribution is -2.25. The summed E-state index contributed by atoms with van der Waals surface area (Å²) in [5.74, 6) is -0.260. The van der Waals surface area contributed by atoms with E-state index in [1.807, 2.05) is 35.2 Å². The first kappa shape index (κ1) is 13.1. The minimum absolute atomic E-state index is 0.0268. The molecule has 2 atom stereocenters. The van der Waals surface area contributed by atoms with Crippen LogP contribution in [0.4, 0.5) is 10.1 Å². The minimum atomic E-state index is -0.260. The Balaban J connectivity index is 1.92. The van der Waals surface area contributed by atoms with E-state index in [1.54, 1.807) is 12.1 Å². The van der Waals surface area contributed by atoms with Crippen LogP contribution < -0.4 is 4.90 Å². The number of ether oxygens (including phenoxy) is 1. The SMILES string of the molecule is OCC1CN(c2ccc(F)cc2)C(c2ccccc2)O1. The molecule has 2 aromatic rings. The van der Waals surface area contributed by atoms with Crippen LogP contribution in [0.5, 0.6) is 0 Å². The topological polar surface area (TPSA) is 32.7 Å². The first-order chi connectivity index (χ1) is 9.78. The molecule has 1 aliphatic rings. The molecule has 0 radical (unpaired) electrons. The fraction of sp³-hybridized carbons (Fsp3) is 0.250. The predicted octanol–water partition coefficient (Wildman–Crippen LogP) is 2.72. The zero-order chi connectivity index (χ0) is 13.9. The van der Waals surface area contributed by atoms with Crippen LogP contribution >= 0.6 is 0 Å². The highest BCUT2D eigenvalue weighted by Crippen LogP contribution is 2.34. The normalized spacial score (nSPS) is 22.2. The molecule has 104 valence electrons. The van der Waals surface area contributed by atoms with Crippen molar-refractivity contribution in [3.8, 4) is 0 Å². The summed E-state index contributed by atoms with van der Waals surface area (Å²) in [6, 6.07) is 16.2. The third-order valence-corrected chi connectivity index (χ3v) is 3.45. The van der Waals surface area contributed by atoms with Gasteiger partial charge in [0.15, 0.2) is 6.23 Å². The number of nitrogens with zero attached hydrogens (tertiary/aromatic N) is 1. The number of aliphatic hydroxyl groups excluding tert-OH is 1. The van der Waals surface area contributed by atoms with Crippen LogP contribution in [0.2, 0.25) is 0 Å². The van der Waals surface area contributed by atoms with Gasteiger partial charge in [-0.1, -0.05) is 30.3 Å². The molecule has 1 fully saturated rings. The standard InChI is InChI=1S/C16H16FNO2/c17-13-6-8-14(9-7-13)18-10-15(11-19)20-16(18)12-4-2-1-3-5-12/h1-9,15-16,19H,10-11H2. The lowest BCUT2D eigenvalue weighted by molar-refractivity contribution is 0.0147. The zero-order valence-corrected chi connectivity index (χ0v) is 10.9. The van der Waals surface area contributed by atoms with E-state index in [-0.39, 0.29) is 24.8 Å². The van der Waals surface area contributed by atoms with Crippen molar-refractivity contribution in [1.82, 2.24) is 0 Å². The van der Waals surface area contributed by atoms with Gasteiger partial charge in [0.1, 0.15) is 11.9 Å². The maximum atomic E-state index is 13.0. The fourth-order valence-electron chi connectivity index (χ4n) is 2.46. The van der Waals surface area contributed by atoms with Gasteiger partial charge in [0, 0.05) is 17.8 Å². The van der Waals surface area contributed by atoms with Crippen molar-refractivity contribution in [3.05, 3.63) is 66.0 Å². The van der Waals surface area contributed by atoms with E-state index in [0.29, 0.717) is 6.54 Å². The molecule has 0 spiro atoms. The van der Waals surface area contributed by atoms with Crippen LogP contribution in [-0.2, 0) is 4.74 Å². The smallest absolute Gasteiger partial charge is 0.157 e. The number of benzene rings is 2. The predicted molar refractivity (Wildman–Crippen MR) is 74.9 cm³/mol. The average molecular weight is 273 g/mol. The van der Waals surface area contributed by atoms with Gasteiger partial charge in [-0.05, 0) is 24.3 Å². The van der Waals surface area contributed by atoms with E-state index in [4.69, 9.17) is 4.74 Å². The molecule has 0 saturated carbocycles. The summed E-state index contributed by atoms with van der Waals surface area (Å²) in [6.45, 7) is 0.558. The fourth-order valence-corrected chi connectivity index (χ4v) is 2.46. The van der Waals surface area contributed by atoms with Gasteiger partial charge >= 0.3 is 0 Å². The number of rotatable bonds is 3. The van der Waals surface area contributed by atoms with E-state index in [1.165, 1.54) is 12.1 Å². The molecule has 20 heavy (non-hydrogen) atoms. The number of anilines is 1. The Morgan fingerprint density at radius 2 is 1.80 bits per heavy atom. The second-order valence-electron chi connectivity index (χ2n) is 4.83. The monoisotopic (exact) mass is 273 g/mol. The van der Waals surface area contributed by atoms with Crippen LogP contribution in [0.25, 0.3) is 0 Å². The largest absolute Gasteiger partial charge is 0.394 e. The van der Waals surface area contributed by atoms with Gasteiger partial charge in [0.2, 0.25) is 0 Å². The quantitative estimate of drug-likeness (QED) is 0.933. The van der Waals surface area contributed by atoms with Crippen molar-refractivity contribution in [1.29, 1.82) is 0 Å². The molecule has 1 N–H and O–H groups in total. The summed E-state index contributed by atoms with van der Waals surface area (Å²) in [6.07, 6.45) is -0.482. The van der Waals surface area contributed by atoms with E-state index in [0.717, 1.165) is 11.3 Å². The molecule has 0 amide bonds. The molecular weight excluding hydrogens is 257 g/mol. The Bertz CT molecular complexity index is 558. The summed E-state index contributed by atoms with van der Waals surface area (Å²) >= 11 is 0. The average Bonchev–Trinajstić information content (AvgIpc) is 2.93. The molecule has 0 bridgehead atoms. The van der Waals surface area contributed by atoms with Gasteiger partial charge < -0.3 is 14.7 Å². The van der Waals surface area contributed by atoms with Crippen molar-refractivity contribution in [3.63, 3.8) is 0 Å². The lowest BCUT2D eigenvalue weighted by Gasteiger charge is -2.25. The highest BCUT2D eigenvalue weighted by atomic mass is 19.1. The zero-order valence-electron chi connectivity index (χ0n) is 10.9. The van der Waals surface area contributed by atoms with Crippen LogP contribution in [0.1, 0.15) is 11.8 Å². The van der Waals surface area contributed by atoms with Gasteiger partial charge in [-0.25, -0.2) is 4.39 Å². The first-order valence-electron chi connectivity index (χ1n) is 6.61. The van der Waals surface area contributed by atoms with Crippen molar-refractivity contribution >= 4 is 5.69 Å². The van der Waals surface area contributed by atoms with Crippen molar-refractivity contribution in [2.75, 3.05) is 18.1 Å². The first-order valence-corrected chi connectivity index (χ1v) is 6.61. The molecule has 0 aliphatic carbocycles. The summed E-state index contributed by atoms with van der Waals surface area (Å²) < 4.78 is 18.9. The maximum Gasteiger partial charge on any atom is 0.157 e. The Morgan fingerprint density at radius 1 is 1.10 bits per heavy atom. The molecule has 1 heterocycles. The Labute approximate surface area is 117 Å². The third-order valence-electron chi connectivity index (χ3n) is 3.45. The van der Waals surface area contributed by atoms with Gasteiger partial charge in [-0.2, -0.15) is 0 Å². The van der Waals surface area contributed by atoms with E-state index in [9.17, 15) is 9.50 Å². The van der Waals surface area contributed by atoms with Gasteiger partial charge in [0.25, 0.3) is 0 Å². The lowest BCUT2D eigenvalue weighted by atomic mass is 10.1. The highest BCUT2D eigenvalue weighted by molar-refractivity contribution is 5.49. The Hall–Kier alpha value is -1.91. The van der Waals surface area contributed by atoms with Crippen LogP contribution in [0.15, 0.2) is 54.6 Å². The maximum absolute atomic E-state index is 13.0. The minimum Gasteiger partial charge on any atom is -0.394 e. The van der Waals surface area contributed by atoms with E-state index >= 15 is 0 Å². The summed E-state index contributed by atoms with van der Waals surface area (Å²) in [5, 5.41) is 9.33. The van der Waals surface area contributed by atoms with E-state index < -0.39 is 0 Å². The molecule has 2 aromatic carbocycles. The molecular formula is C16H16FNO2.